The molecule has 0 amide bonds. The van der Waals surface area contributed by atoms with Crippen molar-refractivity contribution >= 4 is 38.7 Å². The number of nitrogens with one attached hydrogen (secondary N) is 1. The lowest BCUT2D eigenvalue weighted by Crippen LogP contribution is -1.99. The van der Waals surface area contributed by atoms with Crippen LogP contribution < -0.4 is 10.1 Å². The van der Waals surface area contributed by atoms with Crippen LogP contribution in [0, 0.1) is 24.0 Å². The minimum atomic E-state index is -0.508. The molecule has 8 nitrogen and oxygen atoms in total. The first-order valence-corrected chi connectivity index (χ1v) is 10.4. The molecule has 0 unspecified atom stereocenters. The van der Waals surface area contributed by atoms with E-state index in [4.69, 9.17) is 4.74 Å². The van der Waals surface area contributed by atoms with Crippen molar-refractivity contribution in [3.63, 3.8) is 0 Å². The number of non-ortho nitro benzene ring substituents is 1. The van der Waals surface area contributed by atoms with Gasteiger partial charge in [0.1, 0.15) is 28.0 Å². The van der Waals surface area contributed by atoms with Gasteiger partial charge in [0.05, 0.1) is 22.6 Å². The molecule has 0 saturated heterocycles. The molecule has 0 aliphatic rings. The van der Waals surface area contributed by atoms with Gasteiger partial charge in [-0.15, -0.1) is 11.3 Å². The third-order valence-corrected chi connectivity index (χ3v) is 5.74. The van der Waals surface area contributed by atoms with Crippen LogP contribution in [0.15, 0.2) is 42.5 Å². The number of aryl methyl sites for hydroxylation is 2. The lowest BCUT2D eigenvalue weighted by Gasteiger charge is -2.12. The molecule has 0 atom stereocenters. The fraction of sp³-hybridized carbons (Fsp3) is 0.182. The normalized spacial score (nSPS) is 10.9. The van der Waals surface area contributed by atoms with E-state index in [1.54, 1.807) is 18.3 Å². The Morgan fingerprint density at radius 1 is 1.16 bits per heavy atom. The molecule has 0 fully saturated rings. The number of hydrogen-bond acceptors (Lipinski definition) is 8. The van der Waals surface area contributed by atoms with E-state index in [0.717, 1.165) is 32.0 Å². The predicted octanol–water partition coefficient (Wildman–Crippen LogP) is 5.73. The summed E-state index contributed by atoms with van der Waals surface area (Å²) in [6.07, 6.45) is 0. The zero-order valence-corrected chi connectivity index (χ0v) is 18.0. The number of hydrogen-bond donors (Lipinski definition) is 2. The molecule has 9 heteroatoms. The smallest absolute Gasteiger partial charge is 0.271 e. The van der Waals surface area contributed by atoms with Crippen molar-refractivity contribution in [3.05, 3.63) is 63.3 Å². The summed E-state index contributed by atoms with van der Waals surface area (Å²) in [5, 5.41) is 25.3. The summed E-state index contributed by atoms with van der Waals surface area (Å²) in [6.45, 7) is 6.32. The van der Waals surface area contributed by atoms with Gasteiger partial charge >= 0.3 is 0 Å². The van der Waals surface area contributed by atoms with Gasteiger partial charge in [0.2, 0.25) is 0 Å². The number of aromatic hydroxyl groups is 1. The molecule has 158 valence electrons. The highest BCUT2D eigenvalue weighted by atomic mass is 32.1. The van der Waals surface area contributed by atoms with Crippen LogP contribution in [0.4, 0.5) is 17.2 Å². The van der Waals surface area contributed by atoms with Crippen LogP contribution in [0.25, 0.3) is 21.3 Å². The monoisotopic (exact) mass is 436 g/mol. The van der Waals surface area contributed by atoms with Gasteiger partial charge in [-0.05, 0) is 44.5 Å². The zero-order chi connectivity index (χ0) is 22.1. The average Bonchev–Trinajstić information content (AvgIpc) is 3.06. The third-order valence-electron chi connectivity index (χ3n) is 4.74. The zero-order valence-electron chi connectivity index (χ0n) is 17.2. The molecule has 4 rings (SSSR count). The first-order chi connectivity index (χ1) is 14.9. The van der Waals surface area contributed by atoms with E-state index in [-0.39, 0.29) is 17.1 Å². The summed E-state index contributed by atoms with van der Waals surface area (Å²) in [6, 6.07) is 11.6. The Hall–Kier alpha value is -3.72. The highest BCUT2D eigenvalue weighted by molar-refractivity contribution is 7.19. The summed E-state index contributed by atoms with van der Waals surface area (Å²) in [5.74, 6) is 1.71. The molecule has 4 aromatic rings. The number of phenolic OH excluding ortho intramolecular Hbond substituents is 1. The number of fused-ring (bicyclic) bond motifs is 1. The maximum Gasteiger partial charge on any atom is 0.271 e. The Labute approximate surface area is 182 Å². The minimum Gasteiger partial charge on any atom is -0.506 e. The Balaban J connectivity index is 1.87. The van der Waals surface area contributed by atoms with Gasteiger partial charge in [0.25, 0.3) is 5.69 Å². The topological polar surface area (TPSA) is 110 Å². The van der Waals surface area contributed by atoms with Crippen LogP contribution in [-0.2, 0) is 0 Å². The van der Waals surface area contributed by atoms with Crippen molar-refractivity contribution in [1.29, 1.82) is 0 Å². The van der Waals surface area contributed by atoms with Crippen molar-refractivity contribution in [2.45, 2.75) is 20.8 Å². The molecule has 2 aromatic heterocycles. The van der Waals surface area contributed by atoms with Gasteiger partial charge in [0.15, 0.2) is 0 Å². The second-order valence-corrected chi connectivity index (χ2v) is 8.08. The third kappa shape index (κ3) is 3.99. The van der Waals surface area contributed by atoms with Crippen molar-refractivity contribution < 1.29 is 14.8 Å². The standard InChI is InChI=1S/C22H20N4O4S/c1-4-30-16-8-5-14(6-9-16)19-12(2)31-22-20(19)21(23-13(3)24-22)25-17-11-15(26(28)29)7-10-18(17)27/h5-11,27H,4H2,1-3H3,(H,23,24,25). The number of aromatic nitrogens is 2. The first-order valence-electron chi connectivity index (χ1n) is 9.62. The maximum absolute atomic E-state index is 11.2. The first kappa shape index (κ1) is 20.5. The highest BCUT2D eigenvalue weighted by Gasteiger charge is 2.19. The summed E-state index contributed by atoms with van der Waals surface area (Å²) < 4.78 is 5.54. The minimum absolute atomic E-state index is 0.107. The molecule has 0 bridgehead atoms. The number of phenols is 1. The molecule has 0 radical (unpaired) electrons. The summed E-state index contributed by atoms with van der Waals surface area (Å²) in [5.41, 5.74) is 2.02. The van der Waals surface area contributed by atoms with Gasteiger partial charge in [0, 0.05) is 22.6 Å². The molecule has 2 aromatic carbocycles. The fourth-order valence-electron chi connectivity index (χ4n) is 3.41. The lowest BCUT2D eigenvalue weighted by molar-refractivity contribution is -0.384. The lowest BCUT2D eigenvalue weighted by atomic mass is 10.0. The summed E-state index contributed by atoms with van der Waals surface area (Å²) >= 11 is 1.55. The van der Waals surface area contributed by atoms with Gasteiger partial charge in [-0.2, -0.15) is 0 Å². The van der Waals surface area contributed by atoms with E-state index in [2.05, 4.69) is 15.3 Å². The number of benzene rings is 2. The van der Waals surface area contributed by atoms with Crippen LogP contribution in [-0.4, -0.2) is 26.6 Å². The van der Waals surface area contributed by atoms with Gasteiger partial charge in [-0.3, -0.25) is 10.1 Å². The summed E-state index contributed by atoms with van der Waals surface area (Å²) in [4.78, 5) is 21.6. The Bertz CT molecular complexity index is 1290. The average molecular weight is 436 g/mol. The van der Waals surface area contributed by atoms with Crippen molar-refractivity contribution in [1.82, 2.24) is 9.97 Å². The quantitative estimate of drug-likeness (QED) is 0.225. The molecule has 31 heavy (non-hydrogen) atoms. The number of nitro benzene ring substituents is 1. The number of rotatable bonds is 6. The van der Waals surface area contributed by atoms with E-state index in [1.165, 1.54) is 18.2 Å². The largest absolute Gasteiger partial charge is 0.506 e. The highest BCUT2D eigenvalue weighted by Crippen LogP contribution is 2.42. The second kappa shape index (κ2) is 8.19. The fourth-order valence-corrected chi connectivity index (χ4v) is 4.50. The number of nitro groups is 1. The van der Waals surface area contributed by atoms with Crippen molar-refractivity contribution in [2.75, 3.05) is 11.9 Å². The number of nitrogens with zero attached hydrogens (tertiary/aromatic N) is 3. The van der Waals surface area contributed by atoms with Gasteiger partial charge in [-0.1, -0.05) is 12.1 Å². The van der Waals surface area contributed by atoms with Gasteiger partial charge in [-0.25, -0.2) is 9.97 Å². The predicted molar refractivity (Wildman–Crippen MR) is 122 cm³/mol. The molecule has 2 heterocycles. The molecule has 0 saturated carbocycles. The molecule has 0 aliphatic carbocycles. The van der Waals surface area contributed by atoms with E-state index in [0.29, 0.717) is 18.2 Å². The Morgan fingerprint density at radius 3 is 2.58 bits per heavy atom. The number of thiophene rings is 1. The van der Waals surface area contributed by atoms with Crippen molar-refractivity contribution in [3.8, 4) is 22.6 Å². The van der Waals surface area contributed by atoms with E-state index < -0.39 is 4.92 Å². The van der Waals surface area contributed by atoms with E-state index >= 15 is 0 Å². The summed E-state index contributed by atoms with van der Waals surface area (Å²) in [7, 11) is 0. The molecule has 2 N–H and O–H groups in total. The van der Waals surface area contributed by atoms with Crippen LogP contribution in [0.5, 0.6) is 11.5 Å². The molecule has 0 spiro atoms. The maximum atomic E-state index is 11.2. The van der Waals surface area contributed by atoms with Crippen molar-refractivity contribution in [2.24, 2.45) is 0 Å². The van der Waals surface area contributed by atoms with Gasteiger partial charge < -0.3 is 15.2 Å². The van der Waals surface area contributed by atoms with Crippen LogP contribution in [0.3, 0.4) is 0 Å². The number of anilines is 2. The van der Waals surface area contributed by atoms with Crippen LogP contribution >= 0.6 is 11.3 Å². The van der Waals surface area contributed by atoms with Crippen LogP contribution in [0.1, 0.15) is 17.6 Å². The van der Waals surface area contributed by atoms with E-state index in [9.17, 15) is 15.2 Å². The SMILES string of the molecule is CCOc1ccc(-c2c(C)sc3nc(C)nc(Nc4cc([N+](=O)[O-])ccc4O)c23)cc1. The second-order valence-electron chi connectivity index (χ2n) is 6.87. The van der Waals surface area contributed by atoms with E-state index in [1.807, 2.05) is 38.1 Å². The van der Waals surface area contributed by atoms with Crippen LogP contribution in [0.2, 0.25) is 0 Å². The molecule has 0 aliphatic heterocycles. The Morgan fingerprint density at radius 2 is 1.90 bits per heavy atom. The number of ether oxygens (including phenoxy) is 1. The molecular weight excluding hydrogens is 416 g/mol. The Kier molecular flexibility index (Phi) is 5.43. The molecular formula is C22H20N4O4S.